The normalized spacial score (nSPS) is 15.8. The Kier molecular flexibility index (Phi) is 5.89. The van der Waals surface area contributed by atoms with Crippen LogP contribution in [0.2, 0.25) is 0 Å². The molecule has 0 spiro atoms. The van der Waals surface area contributed by atoms with E-state index < -0.39 is 31.7 Å². The first kappa shape index (κ1) is 19.5. The molecule has 0 radical (unpaired) electrons. The summed E-state index contributed by atoms with van der Waals surface area (Å²) in [6, 6.07) is 3.61. The van der Waals surface area contributed by atoms with Gasteiger partial charge in [0, 0.05) is 37.0 Å². The van der Waals surface area contributed by atoms with Gasteiger partial charge in [-0.3, -0.25) is 0 Å². The molecule has 0 aromatic heterocycles. The Labute approximate surface area is 139 Å². The van der Waals surface area contributed by atoms with Gasteiger partial charge in [-0.1, -0.05) is 0 Å². The highest BCUT2D eigenvalue weighted by molar-refractivity contribution is 5.56. The first-order valence-corrected chi connectivity index (χ1v) is 7.45. The van der Waals surface area contributed by atoms with Crippen LogP contribution >= 0.6 is 0 Å². The molecule has 0 aliphatic carbocycles. The van der Waals surface area contributed by atoms with Crippen LogP contribution in [0.3, 0.4) is 0 Å². The standard InChI is InChI=1S/C15H16F7NO2/c16-13(17)14(18,19)8-24-11-5-10(23-3-1-2-4-23)6-12(7-11)25-9-15(20,21)22/h5-7,13H,1-4,8-9H2. The van der Waals surface area contributed by atoms with Crippen LogP contribution in [0.1, 0.15) is 12.8 Å². The fraction of sp³-hybridized carbons (Fsp3) is 0.600. The molecule has 142 valence electrons. The zero-order valence-corrected chi connectivity index (χ0v) is 13.0. The zero-order chi connectivity index (χ0) is 18.7. The Bertz CT molecular complexity index is 571. The van der Waals surface area contributed by atoms with Crippen molar-refractivity contribution in [3.63, 3.8) is 0 Å². The van der Waals surface area contributed by atoms with Crippen molar-refractivity contribution in [3.05, 3.63) is 18.2 Å². The van der Waals surface area contributed by atoms with Crippen LogP contribution in [-0.2, 0) is 0 Å². The van der Waals surface area contributed by atoms with Crippen LogP contribution in [0, 0.1) is 0 Å². The van der Waals surface area contributed by atoms with Gasteiger partial charge >= 0.3 is 18.5 Å². The number of hydrogen-bond acceptors (Lipinski definition) is 3. The molecule has 10 heteroatoms. The summed E-state index contributed by atoms with van der Waals surface area (Å²) in [6.07, 6.45) is -6.75. The predicted molar refractivity (Wildman–Crippen MR) is 75.9 cm³/mol. The van der Waals surface area contributed by atoms with E-state index in [9.17, 15) is 30.7 Å². The molecule has 3 nitrogen and oxygen atoms in total. The minimum atomic E-state index is -4.58. The quantitative estimate of drug-likeness (QED) is 0.655. The van der Waals surface area contributed by atoms with E-state index in [0.717, 1.165) is 18.9 Å². The molecule has 0 atom stereocenters. The summed E-state index contributed by atoms with van der Waals surface area (Å²) in [5.74, 6) is -4.87. The second-order valence-corrected chi connectivity index (χ2v) is 5.61. The van der Waals surface area contributed by atoms with Crippen LogP contribution in [-0.4, -0.2) is 44.8 Å². The molecule has 0 N–H and O–H groups in total. The van der Waals surface area contributed by atoms with E-state index in [1.165, 1.54) is 12.1 Å². The molecule has 1 aromatic carbocycles. The highest BCUT2D eigenvalue weighted by Crippen LogP contribution is 2.33. The molecular formula is C15H16F7NO2. The molecule has 2 rings (SSSR count). The van der Waals surface area contributed by atoms with Crippen molar-refractivity contribution in [2.75, 3.05) is 31.2 Å². The van der Waals surface area contributed by atoms with Crippen LogP contribution in [0.4, 0.5) is 36.4 Å². The molecule has 1 aliphatic rings. The lowest BCUT2D eigenvalue weighted by atomic mass is 10.2. The molecule has 1 heterocycles. The van der Waals surface area contributed by atoms with E-state index >= 15 is 0 Å². The predicted octanol–water partition coefficient (Wildman–Crippen LogP) is 4.51. The number of alkyl halides is 7. The Morgan fingerprint density at radius 1 is 0.880 bits per heavy atom. The molecule has 1 fully saturated rings. The number of benzene rings is 1. The molecule has 1 aromatic rings. The van der Waals surface area contributed by atoms with Gasteiger partial charge in [0.15, 0.2) is 13.2 Å². The number of anilines is 1. The Morgan fingerprint density at radius 3 is 1.88 bits per heavy atom. The topological polar surface area (TPSA) is 21.7 Å². The monoisotopic (exact) mass is 375 g/mol. The van der Waals surface area contributed by atoms with Gasteiger partial charge in [-0.05, 0) is 12.8 Å². The fourth-order valence-electron chi connectivity index (χ4n) is 2.29. The number of ether oxygens (including phenoxy) is 2. The average molecular weight is 375 g/mol. The van der Waals surface area contributed by atoms with Gasteiger partial charge in [-0.25, -0.2) is 8.78 Å². The van der Waals surface area contributed by atoms with Gasteiger partial charge < -0.3 is 14.4 Å². The molecule has 25 heavy (non-hydrogen) atoms. The van der Waals surface area contributed by atoms with Crippen LogP contribution in [0.25, 0.3) is 0 Å². The van der Waals surface area contributed by atoms with E-state index in [1.807, 2.05) is 4.90 Å². The Balaban J connectivity index is 2.17. The molecule has 0 unspecified atom stereocenters. The fourth-order valence-corrected chi connectivity index (χ4v) is 2.29. The maximum Gasteiger partial charge on any atom is 0.422 e. The Morgan fingerprint density at radius 2 is 1.40 bits per heavy atom. The van der Waals surface area contributed by atoms with Gasteiger partial charge in [0.25, 0.3) is 0 Å². The maximum atomic E-state index is 13.0. The lowest BCUT2D eigenvalue weighted by Crippen LogP contribution is -2.33. The lowest BCUT2D eigenvalue weighted by molar-refractivity contribution is -0.153. The van der Waals surface area contributed by atoms with Gasteiger partial charge in [0.1, 0.15) is 11.5 Å². The van der Waals surface area contributed by atoms with Gasteiger partial charge in [0.05, 0.1) is 0 Å². The highest BCUT2D eigenvalue weighted by Gasteiger charge is 2.41. The molecule has 1 saturated heterocycles. The summed E-state index contributed by atoms with van der Waals surface area (Å²) in [4.78, 5) is 1.82. The number of rotatable bonds is 7. The summed E-state index contributed by atoms with van der Waals surface area (Å²) in [5.41, 5.74) is 0.424. The molecule has 0 amide bonds. The summed E-state index contributed by atoms with van der Waals surface area (Å²) in [7, 11) is 0. The minimum absolute atomic E-state index is 0.239. The summed E-state index contributed by atoms with van der Waals surface area (Å²) < 4.78 is 96.5. The van der Waals surface area contributed by atoms with Crippen molar-refractivity contribution in [1.29, 1.82) is 0 Å². The summed E-state index contributed by atoms with van der Waals surface area (Å²) in [6.45, 7) is -1.89. The van der Waals surface area contributed by atoms with E-state index in [0.29, 0.717) is 18.8 Å². The van der Waals surface area contributed by atoms with E-state index in [1.54, 1.807) is 0 Å². The second-order valence-electron chi connectivity index (χ2n) is 5.61. The van der Waals surface area contributed by atoms with Gasteiger partial charge in [0.2, 0.25) is 0 Å². The third-order valence-electron chi connectivity index (χ3n) is 3.49. The number of halogens is 7. The lowest BCUT2D eigenvalue weighted by Gasteiger charge is -2.21. The van der Waals surface area contributed by atoms with Crippen molar-refractivity contribution < 1.29 is 40.2 Å². The van der Waals surface area contributed by atoms with E-state index in [4.69, 9.17) is 0 Å². The van der Waals surface area contributed by atoms with E-state index in [2.05, 4.69) is 9.47 Å². The zero-order valence-electron chi connectivity index (χ0n) is 13.0. The molecule has 1 aliphatic heterocycles. The third kappa shape index (κ3) is 5.86. The Hall–Kier alpha value is -1.87. The largest absolute Gasteiger partial charge is 0.487 e. The minimum Gasteiger partial charge on any atom is -0.487 e. The second kappa shape index (κ2) is 7.57. The smallest absolute Gasteiger partial charge is 0.422 e. The van der Waals surface area contributed by atoms with Crippen molar-refractivity contribution in [1.82, 2.24) is 0 Å². The van der Waals surface area contributed by atoms with Crippen molar-refractivity contribution in [2.24, 2.45) is 0 Å². The van der Waals surface area contributed by atoms with Gasteiger partial charge in [-0.2, -0.15) is 22.0 Å². The van der Waals surface area contributed by atoms with Crippen molar-refractivity contribution in [2.45, 2.75) is 31.4 Å². The highest BCUT2D eigenvalue weighted by atomic mass is 19.4. The third-order valence-corrected chi connectivity index (χ3v) is 3.49. The van der Waals surface area contributed by atoms with Crippen molar-refractivity contribution >= 4 is 5.69 Å². The van der Waals surface area contributed by atoms with Crippen LogP contribution in [0.5, 0.6) is 11.5 Å². The maximum absolute atomic E-state index is 13.0. The average Bonchev–Trinajstić information content (AvgIpc) is 3.04. The van der Waals surface area contributed by atoms with Crippen molar-refractivity contribution in [3.8, 4) is 11.5 Å². The molecule has 0 saturated carbocycles. The first-order valence-electron chi connectivity index (χ1n) is 7.45. The summed E-state index contributed by atoms with van der Waals surface area (Å²) in [5, 5.41) is 0. The first-order chi connectivity index (χ1) is 11.6. The van der Waals surface area contributed by atoms with Crippen LogP contribution < -0.4 is 14.4 Å². The molecular weight excluding hydrogens is 359 g/mol. The van der Waals surface area contributed by atoms with Gasteiger partial charge in [-0.15, -0.1) is 0 Å². The summed E-state index contributed by atoms with van der Waals surface area (Å²) >= 11 is 0. The molecule has 0 bridgehead atoms. The van der Waals surface area contributed by atoms with Crippen LogP contribution in [0.15, 0.2) is 18.2 Å². The SMILES string of the molecule is FC(F)C(F)(F)COc1cc(OCC(F)(F)F)cc(N2CCCC2)c1. The number of hydrogen-bond donors (Lipinski definition) is 0. The van der Waals surface area contributed by atoms with E-state index in [-0.39, 0.29) is 11.5 Å². The number of nitrogens with zero attached hydrogens (tertiary/aromatic N) is 1.